The van der Waals surface area contributed by atoms with Crippen LogP contribution < -0.4 is 5.32 Å². The molecule has 0 aromatic rings. The van der Waals surface area contributed by atoms with Crippen molar-refractivity contribution < 1.29 is 4.79 Å². The molecule has 2 unspecified atom stereocenters. The van der Waals surface area contributed by atoms with Crippen LogP contribution in [0.4, 0.5) is 4.79 Å². The van der Waals surface area contributed by atoms with Crippen LogP contribution in [0.2, 0.25) is 0 Å². The predicted molar refractivity (Wildman–Crippen MR) is 62.9 cm³/mol. The molecule has 0 spiro atoms. The van der Waals surface area contributed by atoms with Crippen LogP contribution in [0.3, 0.4) is 0 Å². The van der Waals surface area contributed by atoms with Crippen LogP contribution in [0.5, 0.6) is 0 Å². The first kappa shape index (κ1) is 12.3. The van der Waals surface area contributed by atoms with E-state index in [1.54, 1.807) is 0 Å². The molecule has 0 radical (unpaired) electrons. The van der Waals surface area contributed by atoms with E-state index in [0.717, 1.165) is 32.4 Å². The van der Waals surface area contributed by atoms with Crippen molar-refractivity contribution >= 4 is 6.03 Å². The largest absolute Gasteiger partial charge is 0.338 e. The Morgan fingerprint density at radius 3 is 2.87 bits per heavy atom. The van der Waals surface area contributed by atoms with Crippen molar-refractivity contribution in [2.24, 2.45) is 5.92 Å². The van der Waals surface area contributed by atoms with Crippen molar-refractivity contribution in [1.29, 1.82) is 0 Å². The number of nitrogens with zero attached hydrogens (tertiary/aromatic N) is 1. The quantitative estimate of drug-likeness (QED) is 0.717. The minimum absolute atomic E-state index is 0.127. The Labute approximate surface area is 93.2 Å². The summed E-state index contributed by atoms with van der Waals surface area (Å²) >= 11 is 0. The van der Waals surface area contributed by atoms with Gasteiger partial charge in [0.25, 0.3) is 0 Å². The molecule has 0 bridgehead atoms. The van der Waals surface area contributed by atoms with Crippen LogP contribution in [0, 0.1) is 5.92 Å². The van der Waals surface area contributed by atoms with Crippen molar-refractivity contribution in [1.82, 2.24) is 10.2 Å². The van der Waals surface area contributed by atoms with Gasteiger partial charge in [-0.15, -0.1) is 0 Å². The number of rotatable bonds is 3. The summed E-state index contributed by atoms with van der Waals surface area (Å²) < 4.78 is 0. The first-order valence-electron chi connectivity index (χ1n) is 6.21. The lowest BCUT2D eigenvalue weighted by Gasteiger charge is -2.37. The molecular weight excluding hydrogens is 188 g/mol. The van der Waals surface area contributed by atoms with Crippen molar-refractivity contribution in [2.75, 3.05) is 13.1 Å². The highest BCUT2D eigenvalue weighted by atomic mass is 16.2. The third kappa shape index (κ3) is 3.40. The van der Waals surface area contributed by atoms with Gasteiger partial charge in [-0.1, -0.05) is 20.3 Å². The number of carbonyl (C=O) groups excluding carboxylic acids is 1. The van der Waals surface area contributed by atoms with Gasteiger partial charge in [0.1, 0.15) is 0 Å². The number of likely N-dealkylation sites (tertiary alicyclic amines) is 1. The Hall–Kier alpha value is -0.730. The van der Waals surface area contributed by atoms with E-state index in [0.29, 0.717) is 12.0 Å². The second-order valence-electron chi connectivity index (χ2n) is 4.64. The smallest absolute Gasteiger partial charge is 0.317 e. The number of amides is 2. The lowest BCUT2D eigenvalue weighted by molar-refractivity contribution is 0.129. The number of hydrogen-bond donors (Lipinski definition) is 1. The van der Waals surface area contributed by atoms with Crippen molar-refractivity contribution in [2.45, 2.75) is 52.5 Å². The van der Waals surface area contributed by atoms with E-state index < -0.39 is 0 Å². The zero-order valence-electron chi connectivity index (χ0n) is 10.3. The average molecular weight is 212 g/mol. The monoisotopic (exact) mass is 212 g/mol. The van der Waals surface area contributed by atoms with Gasteiger partial charge >= 0.3 is 6.03 Å². The molecule has 1 rings (SSSR count). The minimum Gasteiger partial charge on any atom is -0.338 e. The molecule has 1 fully saturated rings. The summed E-state index contributed by atoms with van der Waals surface area (Å²) in [6, 6.07) is 0.517. The van der Waals surface area contributed by atoms with E-state index in [-0.39, 0.29) is 6.03 Å². The summed E-state index contributed by atoms with van der Waals surface area (Å²) in [7, 11) is 0. The summed E-state index contributed by atoms with van der Waals surface area (Å²) in [5.74, 6) is 0.635. The summed E-state index contributed by atoms with van der Waals surface area (Å²) in [6.45, 7) is 8.26. The molecule has 3 heteroatoms. The maximum absolute atomic E-state index is 11.8. The third-order valence-electron chi connectivity index (χ3n) is 3.44. The van der Waals surface area contributed by atoms with Crippen molar-refractivity contribution in [3.8, 4) is 0 Å². The number of hydrogen-bond acceptors (Lipinski definition) is 1. The van der Waals surface area contributed by atoms with Gasteiger partial charge in [0, 0.05) is 19.1 Å². The van der Waals surface area contributed by atoms with Crippen molar-refractivity contribution in [3.05, 3.63) is 0 Å². The van der Waals surface area contributed by atoms with Crippen molar-refractivity contribution in [3.63, 3.8) is 0 Å². The molecule has 0 aromatic carbocycles. The van der Waals surface area contributed by atoms with Crippen LogP contribution in [-0.4, -0.2) is 30.1 Å². The summed E-state index contributed by atoms with van der Waals surface area (Å²) in [5.41, 5.74) is 0. The van der Waals surface area contributed by atoms with Gasteiger partial charge in [0.05, 0.1) is 0 Å². The number of unbranched alkanes of at least 4 members (excludes halogenated alkanes) is 1. The fourth-order valence-electron chi connectivity index (χ4n) is 2.10. The molecule has 0 aromatic heterocycles. The zero-order chi connectivity index (χ0) is 11.3. The van der Waals surface area contributed by atoms with E-state index in [1.807, 2.05) is 4.90 Å². The molecule has 15 heavy (non-hydrogen) atoms. The van der Waals surface area contributed by atoms with Gasteiger partial charge in [0.2, 0.25) is 0 Å². The maximum Gasteiger partial charge on any atom is 0.317 e. The second kappa shape index (κ2) is 5.99. The van der Waals surface area contributed by atoms with Gasteiger partial charge in [-0.05, 0) is 32.1 Å². The molecule has 1 N–H and O–H groups in total. The Balaban J connectivity index is 2.37. The first-order chi connectivity index (χ1) is 7.16. The highest BCUT2D eigenvalue weighted by molar-refractivity contribution is 5.74. The summed E-state index contributed by atoms with van der Waals surface area (Å²) in [5, 5.41) is 2.99. The first-order valence-corrected chi connectivity index (χ1v) is 6.21. The minimum atomic E-state index is 0.127. The topological polar surface area (TPSA) is 32.3 Å². The number of urea groups is 1. The number of nitrogens with one attached hydrogen (secondary N) is 1. The molecule has 1 heterocycles. The Morgan fingerprint density at radius 1 is 1.47 bits per heavy atom. The van der Waals surface area contributed by atoms with Gasteiger partial charge in [-0.25, -0.2) is 4.79 Å². The van der Waals surface area contributed by atoms with E-state index in [1.165, 1.54) is 6.42 Å². The van der Waals surface area contributed by atoms with Crippen LogP contribution in [0.1, 0.15) is 46.5 Å². The Morgan fingerprint density at radius 2 is 2.20 bits per heavy atom. The molecule has 3 nitrogen and oxygen atoms in total. The van der Waals surface area contributed by atoms with E-state index in [2.05, 4.69) is 26.1 Å². The molecule has 1 aliphatic heterocycles. The second-order valence-corrected chi connectivity index (χ2v) is 4.64. The van der Waals surface area contributed by atoms with Crippen LogP contribution in [-0.2, 0) is 0 Å². The van der Waals surface area contributed by atoms with Crippen LogP contribution in [0.25, 0.3) is 0 Å². The Bertz CT molecular complexity index is 206. The molecule has 0 aliphatic carbocycles. The lowest BCUT2D eigenvalue weighted by Crippen LogP contribution is -2.50. The van der Waals surface area contributed by atoms with Gasteiger partial charge < -0.3 is 10.2 Å². The highest BCUT2D eigenvalue weighted by Crippen LogP contribution is 2.22. The van der Waals surface area contributed by atoms with E-state index in [9.17, 15) is 4.79 Å². The fraction of sp³-hybridized carbons (Fsp3) is 0.917. The molecule has 1 aliphatic rings. The number of piperidine rings is 1. The molecule has 2 atom stereocenters. The average Bonchev–Trinajstić information content (AvgIpc) is 2.22. The van der Waals surface area contributed by atoms with Gasteiger partial charge in [-0.3, -0.25) is 0 Å². The molecule has 1 saturated heterocycles. The van der Waals surface area contributed by atoms with Gasteiger partial charge in [0.15, 0.2) is 0 Å². The zero-order valence-corrected chi connectivity index (χ0v) is 10.3. The standard InChI is InChI=1S/C12H24N2O/c1-4-5-8-13-12(15)14-9-6-7-10(2)11(14)3/h10-11H,4-9H2,1-3H3,(H,13,15). The van der Waals surface area contributed by atoms with Crippen LogP contribution >= 0.6 is 0 Å². The SMILES string of the molecule is CCCCNC(=O)N1CCCC(C)C1C. The molecule has 2 amide bonds. The van der Waals surface area contributed by atoms with Crippen LogP contribution in [0.15, 0.2) is 0 Å². The Kier molecular flexibility index (Phi) is 4.92. The molecule has 88 valence electrons. The number of carbonyl (C=O) groups is 1. The normalized spacial score (nSPS) is 26.5. The maximum atomic E-state index is 11.8. The summed E-state index contributed by atoms with van der Waals surface area (Å²) in [4.78, 5) is 13.8. The van der Waals surface area contributed by atoms with E-state index in [4.69, 9.17) is 0 Å². The molecule has 0 saturated carbocycles. The summed E-state index contributed by atoms with van der Waals surface area (Å²) in [6.07, 6.45) is 4.60. The lowest BCUT2D eigenvalue weighted by atomic mass is 9.92. The van der Waals surface area contributed by atoms with E-state index >= 15 is 0 Å². The fourth-order valence-corrected chi connectivity index (χ4v) is 2.10. The highest BCUT2D eigenvalue weighted by Gasteiger charge is 2.27. The predicted octanol–water partition coefficient (Wildman–Crippen LogP) is 2.62. The van der Waals surface area contributed by atoms with Gasteiger partial charge in [-0.2, -0.15) is 0 Å². The molecular formula is C12H24N2O. The third-order valence-corrected chi connectivity index (χ3v) is 3.44.